The Balaban J connectivity index is 0.00000161. The van der Waals surface area contributed by atoms with Crippen LogP contribution in [0.3, 0.4) is 0 Å². The maximum absolute atomic E-state index is 5.69. The highest BCUT2D eigenvalue weighted by atomic mass is 79.9. The molecule has 0 bridgehead atoms. The highest BCUT2D eigenvalue weighted by Crippen LogP contribution is 2.36. The van der Waals surface area contributed by atoms with E-state index in [9.17, 15) is 0 Å². The molecule has 0 fully saturated rings. The molecule has 0 radical (unpaired) electrons. The van der Waals surface area contributed by atoms with Crippen LogP contribution in [0.4, 0.5) is 0 Å². The van der Waals surface area contributed by atoms with E-state index in [4.69, 9.17) is 5.73 Å². The van der Waals surface area contributed by atoms with Gasteiger partial charge in [-0.2, -0.15) is 0 Å². The van der Waals surface area contributed by atoms with Gasteiger partial charge < -0.3 is 5.73 Å². The summed E-state index contributed by atoms with van der Waals surface area (Å²) in [5, 5.41) is 0. The fourth-order valence-electron chi connectivity index (χ4n) is 3.17. The van der Waals surface area contributed by atoms with E-state index in [0.717, 1.165) is 25.8 Å². The minimum Gasteiger partial charge on any atom is -0.330 e. The Morgan fingerprint density at radius 1 is 0.952 bits per heavy atom. The fourth-order valence-corrected chi connectivity index (χ4v) is 3.17. The van der Waals surface area contributed by atoms with Crippen molar-refractivity contribution in [3.05, 3.63) is 77.4 Å². The zero-order valence-electron chi connectivity index (χ0n) is 12.2. The van der Waals surface area contributed by atoms with Crippen molar-refractivity contribution in [1.82, 2.24) is 0 Å². The van der Waals surface area contributed by atoms with E-state index in [1.54, 1.807) is 0 Å². The highest BCUT2D eigenvalue weighted by Gasteiger charge is 2.24. The Labute approximate surface area is 137 Å². The largest absolute Gasteiger partial charge is 0.330 e. The van der Waals surface area contributed by atoms with Gasteiger partial charge in [-0.3, -0.25) is 0 Å². The Bertz CT molecular complexity index is 579. The minimum atomic E-state index is 0. The van der Waals surface area contributed by atoms with E-state index in [1.165, 1.54) is 22.3 Å². The van der Waals surface area contributed by atoms with Gasteiger partial charge in [-0.05, 0) is 54.0 Å². The molecule has 0 spiro atoms. The van der Waals surface area contributed by atoms with Gasteiger partial charge in [0.2, 0.25) is 0 Å². The first-order valence-corrected chi connectivity index (χ1v) is 7.41. The van der Waals surface area contributed by atoms with Gasteiger partial charge in [0.15, 0.2) is 0 Å². The van der Waals surface area contributed by atoms with Crippen molar-refractivity contribution >= 4 is 22.6 Å². The lowest BCUT2D eigenvalue weighted by molar-refractivity contribution is 0.721. The minimum absolute atomic E-state index is 0. The SMILES string of the molecule is Br.NCCC=C(c1ccccc1)C1Cc2ccccc2C1. The molecule has 2 aromatic rings. The van der Waals surface area contributed by atoms with E-state index in [1.807, 2.05) is 0 Å². The average Bonchev–Trinajstić information content (AvgIpc) is 2.92. The van der Waals surface area contributed by atoms with Crippen molar-refractivity contribution < 1.29 is 0 Å². The molecule has 1 aliphatic carbocycles. The molecule has 2 aromatic carbocycles. The van der Waals surface area contributed by atoms with Crippen LogP contribution < -0.4 is 5.73 Å². The van der Waals surface area contributed by atoms with E-state index < -0.39 is 0 Å². The van der Waals surface area contributed by atoms with Gasteiger partial charge in [0, 0.05) is 0 Å². The number of halogens is 1. The van der Waals surface area contributed by atoms with Gasteiger partial charge in [-0.25, -0.2) is 0 Å². The van der Waals surface area contributed by atoms with E-state index in [2.05, 4.69) is 60.7 Å². The summed E-state index contributed by atoms with van der Waals surface area (Å²) in [6, 6.07) is 19.6. The molecule has 0 atom stereocenters. The molecule has 1 nitrogen and oxygen atoms in total. The zero-order chi connectivity index (χ0) is 13.8. The standard InChI is InChI=1S/C19H21N.BrH/c20-12-6-11-19(15-7-2-1-3-8-15)18-13-16-9-4-5-10-17(16)14-18;/h1-5,7-11,18H,6,12-14,20H2;1H. The molecule has 0 aromatic heterocycles. The second-order valence-corrected chi connectivity index (χ2v) is 5.48. The summed E-state index contributed by atoms with van der Waals surface area (Å²) in [5.74, 6) is 0.598. The second kappa shape index (κ2) is 7.58. The maximum atomic E-state index is 5.69. The van der Waals surface area contributed by atoms with Crippen LogP contribution in [0.5, 0.6) is 0 Å². The summed E-state index contributed by atoms with van der Waals surface area (Å²) in [4.78, 5) is 0. The third kappa shape index (κ3) is 3.63. The normalized spacial score (nSPS) is 14.6. The van der Waals surface area contributed by atoms with Gasteiger partial charge >= 0.3 is 0 Å². The molecule has 0 heterocycles. The Morgan fingerprint density at radius 3 is 2.10 bits per heavy atom. The highest BCUT2D eigenvalue weighted by molar-refractivity contribution is 8.93. The van der Waals surface area contributed by atoms with Gasteiger partial charge in [0.1, 0.15) is 0 Å². The maximum Gasteiger partial charge on any atom is -0.00424 e. The second-order valence-electron chi connectivity index (χ2n) is 5.48. The van der Waals surface area contributed by atoms with E-state index >= 15 is 0 Å². The summed E-state index contributed by atoms with van der Waals surface area (Å²) in [6.45, 7) is 0.718. The molecule has 3 rings (SSSR count). The molecular formula is C19H22BrN. The Morgan fingerprint density at radius 2 is 1.52 bits per heavy atom. The van der Waals surface area contributed by atoms with Crippen molar-refractivity contribution in [1.29, 1.82) is 0 Å². The Kier molecular flexibility index (Phi) is 5.77. The predicted molar refractivity (Wildman–Crippen MR) is 95.8 cm³/mol. The van der Waals surface area contributed by atoms with Gasteiger partial charge in [0.25, 0.3) is 0 Å². The molecule has 2 heteroatoms. The van der Waals surface area contributed by atoms with Crippen molar-refractivity contribution in [2.75, 3.05) is 6.54 Å². The first-order chi connectivity index (χ1) is 9.88. The van der Waals surface area contributed by atoms with Gasteiger partial charge in [-0.1, -0.05) is 60.7 Å². The van der Waals surface area contributed by atoms with Crippen LogP contribution in [0.2, 0.25) is 0 Å². The molecule has 0 saturated carbocycles. The third-order valence-corrected chi connectivity index (χ3v) is 4.13. The van der Waals surface area contributed by atoms with Crippen LogP contribution in [0, 0.1) is 5.92 Å². The van der Waals surface area contributed by atoms with Crippen LogP contribution in [0.25, 0.3) is 5.57 Å². The number of fused-ring (bicyclic) bond motifs is 1. The molecule has 0 unspecified atom stereocenters. The van der Waals surface area contributed by atoms with Gasteiger partial charge in [0.05, 0.1) is 0 Å². The van der Waals surface area contributed by atoms with Crippen molar-refractivity contribution in [2.45, 2.75) is 19.3 Å². The molecule has 0 aliphatic heterocycles. The lowest BCUT2D eigenvalue weighted by Gasteiger charge is -2.15. The van der Waals surface area contributed by atoms with Gasteiger partial charge in [-0.15, -0.1) is 17.0 Å². The quantitative estimate of drug-likeness (QED) is 0.873. The summed E-state index contributed by atoms with van der Waals surface area (Å²) in [5.41, 5.74) is 11.5. The van der Waals surface area contributed by atoms with Crippen molar-refractivity contribution in [2.24, 2.45) is 11.7 Å². The molecular weight excluding hydrogens is 322 g/mol. The van der Waals surface area contributed by atoms with Crippen LogP contribution in [-0.4, -0.2) is 6.54 Å². The van der Waals surface area contributed by atoms with E-state index in [0.29, 0.717) is 5.92 Å². The topological polar surface area (TPSA) is 26.0 Å². The number of nitrogens with two attached hydrogens (primary N) is 1. The fraction of sp³-hybridized carbons (Fsp3) is 0.263. The van der Waals surface area contributed by atoms with Crippen LogP contribution in [0.1, 0.15) is 23.1 Å². The molecule has 1 aliphatic rings. The first-order valence-electron chi connectivity index (χ1n) is 7.41. The molecule has 110 valence electrons. The number of allylic oxidation sites excluding steroid dienone is 1. The number of hydrogen-bond donors (Lipinski definition) is 1. The lowest BCUT2D eigenvalue weighted by atomic mass is 9.89. The van der Waals surface area contributed by atoms with Crippen LogP contribution >= 0.6 is 17.0 Å². The average molecular weight is 344 g/mol. The van der Waals surface area contributed by atoms with E-state index in [-0.39, 0.29) is 17.0 Å². The number of benzene rings is 2. The molecule has 0 saturated heterocycles. The number of hydrogen-bond acceptors (Lipinski definition) is 1. The predicted octanol–water partition coefficient (Wildman–Crippen LogP) is 4.41. The summed E-state index contributed by atoms with van der Waals surface area (Å²) in [6.07, 6.45) is 5.60. The summed E-state index contributed by atoms with van der Waals surface area (Å²) in [7, 11) is 0. The third-order valence-electron chi connectivity index (χ3n) is 4.13. The van der Waals surface area contributed by atoms with Crippen LogP contribution in [0.15, 0.2) is 60.7 Å². The Hall–Kier alpha value is -1.38. The van der Waals surface area contributed by atoms with Crippen LogP contribution in [-0.2, 0) is 12.8 Å². The van der Waals surface area contributed by atoms with Crippen molar-refractivity contribution in [3.63, 3.8) is 0 Å². The first kappa shape index (κ1) is 16.0. The molecule has 21 heavy (non-hydrogen) atoms. The smallest absolute Gasteiger partial charge is 0.00424 e. The number of rotatable bonds is 4. The summed E-state index contributed by atoms with van der Waals surface area (Å²) < 4.78 is 0. The monoisotopic (exact) mass is 343 g/mol. The van der Waals surface area contributed by atoms with Crippen molar-refractivity contribution in [3.8, 4) is 0 Å². The molecule has 2 N–H and O–H groups in total. The molecule has 0 amide bonds. The lowest BCUT2D eigenvalue weighted by Crippen LogP contribution is -2.05. The summed E-state index contributed by atoms with van der Waals surface area (Å²) >= 11 is 0. The zero-order valence-corrected chi connectivity index (χ0v) is 13.9.